The molecule has 1 aromatic heterocycles. The molecule has 0 saturated carbocycles. The van der Waals surface area contributed by atoms with Crippen LogP contribution in [0.2, 0.25) is 0 Å². The molecule has 23 heavy (non-hydrogen) atoms. The molecule has 7 heteroatoms. The first-order chi connectivity index (χ1) is 11.0. The number of rotatable bonds is 4. The highest BCUT2D eigenvalue weighted by atomic mass is 16.5. The number of anilines is 1. The molecule has 2 heterocycles. The van der Waals surface area contributed by atoms with Gasteiger partial charge in [0.15, 0.2) is 6.10 Å². The highest BCUT2D eigenvalue weighted by Gasteiger charge is 2.34. The maximum absolute atomic E-state index is 12.2. The van der Waals surface area contributed by atoms with Gasteiger partial charge in [-0.2, -0.15) is 0 Å². The number of benzene rings is 1. The molecule has 2 atom stereocenters. The average molecular weight is 316 g/mol. The molecule has 120 valence electrons. The van der Waals surface area contributed by atoms with Gasteiger partial charge in [-0.3, -0.25) is 4.79 Å². The number of oxazole rings is 1. The number of aromatic nitrogens is 1. The minimum absolute atomic E-state index is 0.336. The number of amides is 1. The fourth-order valence-electron chi connectivity index (χ4n) is 2.45. The number of nitrogens with zero attached hydrogens (tertiary/aromatic N) is 1. The third-order valence-corrected chi connectivity index (χ3v) is 3.58. The van der Waals surface area contributed by atoms with Crippen LogP contribution in [0, 0.1) is 6.92 Å². The summed E-state index contributed by atoms with van der Waals surface area (Å²) in [5.74, 6) is -0.919. The van der Waals surface area contributed by atoms with E-state index < -0.39 is 18.2 Å². The van der Waals surface area contributed by atoms with Crippen LogP contribution in [-0.4, -0.2) is 34.2 Å². The van der Waals surface area contributed by atoms with E-state index >= 15 is 0 Å². The topological polar surface area (TPSA) is 102 Å². The van der Waals surface area contributed by atoms with Crippen molar-refractivity contribution in [2.24, 2.45) is 0 Å². The van der Waals surface area contributed by atoms with Gasteiger partial charge in [0, 0.05) is 11.3 Å². The van der Waals surface area contributed by atoms with Crippen LogP contribution in [-0.2, 0) is 14.3 Å². The molecule has 0 radical (unpaired) electrons. The maximum Gasteiger partial charge on any atom is 0.332 e. The summed E-state index contributed by atoms with van der Waals surface area (Å²) in [5.41, 5.74) is 2.09. The smallest absolute Gasteiger partial charge is 0.332 e. The van der Waals surface area contributed by atoms with E-state index in [0.717, 1.165) is 11.3 Å². The second kappa shape index (κ2) is 6.21. The van der Waals surface area contributed by atoms with Crippen molar-refractivity contribution in [2.75, 3.05) is 5.32 Å². The Kier molecular flexibility index (Phi) is 4.12. The highest BCUT2D eigenvalue weighted by molar-refractivity contribution is 5.95. The van der Waals surface area contributed by atoms with Crippen LogP contribution in [0.3, 0.4) is 0 Å². The fourth-order valence-corrected chi connectivity index (χ4v) is 2.45. The zero-order valence-electron chi connectivity index (χ0n) is 12.5. The van der Waals surface area contributed by atoms with Gasteiger partial charge in [0.25, 0.3) is 5.91 Å². The van der Waals surface area contributed by atoms with E-state index in [9.17, 15) is 9.59 Å². The molecule has 0 spiro atoms. The summed E-state index contributed by atoms with van der Waals surface area (Å²) < 4.78 is 10.6. The minimum atomic E-state index is -1.04. The van der Waals surface area contributed by atoms with Gasteiger partial charge >= 0.3 is 5.97 Å². The number of ether oxygens (including phenoxy) is 1. The summed E-state index contributed by atoms with van der Waals surface area (Å²) >= 11 is 0. The van der Waals surface area contributed by atoms with Crippen LogP contribution in [0.5, 0.6) is 0 Å². The Morgan fingerprint density at radius 1 is 1.30 bits per heavy atom. The van der Waals surface area contributed by atoms with Crippen LogP contribution < -0.4 is 5.32 Å². The van der Waals surface area contributed by atoms with E-state index in [1.807, 2.05) is 13.0 Å². The van der Waals surface area contributed by atoms with Crippen LogP contribution in [0.4, 0.5) is 5.69 Å². The van der Waals surface area contributed by atoms with Gasteiger partial charge < -0.3 is 19.6 Å². The predicted molar refractivity (Wildman–Crippen MR) is 80.8 cm³/mol. The Bertz CT molecular complexity index is 740. The van der Waals surface area contributed by atoms with Gasteiger partial charge in [0.1, 0.15) is 12.4 Å². The Labute approximate surface area is 132 Å². The van der Waals surface area contributed by atoms with Crippen molar-refractivity contribution in [3.05, 3.63) is 36.2 Å². The SMILES string of the molecule is Cc1coc(-c2cccc(NC(=O)[C@@H]3CC[C@H](C(=O)O)O3)c2)n1. The standard InChI is InChI=1S/C16H16N2O5/c1-9-8-22-15(17-9)10-3-2-4-11(7-10)18-14(19)12-5-6-13(23-12)16(20)21/h2-4,7-8,12-13H,5-6H2,1H3,(H,18,19)(H,20,21)/t12-,13+/m0/s1. The molecular formula is C16H16N2O5. The van der Waals surface area contributed by atoms with Crippen molar-refractivity contribution < 1.29 is 23.8 Å². The molecule has 3 rings (SSSR count). The van der Waals surface area contributed by atoms with Gasteiger partial charge in [-0.1, -0.05) is 6.07 Å². The molecule has 1 fully saturated rings. The normalized spacial score (nSPS) is 20.4. The number of carbonyl (C=O) groups excluding carboxylic acids is 1. The Hall–Kier alpha value is -2.67. The second-order valence-electron chi connectivity index (χ2n) is 5.39. The van der Waals surface area contributed by atoms with Crippen molar-refractivity contribution in [3.63, 3.8) is 0 Å². The van der Waals surface area contributed by atoms with Gasteiger partial charge in [-0.25, -0.2) is 9.78 Å². The molecule has 2 N–H and O–H groups in total. The van der Waals surface area contributed by atoms with E-state index in [1.54, 1.807) is 24.5 Å². The lowest BCUT2D eigenvalue weighted by Crippen LogP contribution is -2.29. The molecule has 0 unspecified atom stereocenters. The number of hydrogen-bond acceptors (Lipinski definition) is 5. The summed E-state index contributed by atoms with van der Waals surface area (Å²) in [6.07, 6.45) is 0.625. The summed E-state index contributed by atoms with van der Waals surface area (Å²) in [6.45, 7) is 1.83. The number of aryl methyl sites for hydroxylation is 1. The van der Waals surface area contributed by atoms with Gasteiger partial charge in [0.2, 0.25) is 5.89 Å². The third kappa shape index (κ3) is 3.40. The summed E-state index contributed by atoms with van der Waals surface area (Å²) in [5, 5.41) is 11.6. The molecule has 1 saturated heterocycles. The van der Waals surface area contributed by atoms with Crippen molar-refractivity contribution >= 4 is 17.6 Å². The maximum atomic E-state index is 12.2. The molecule has 0 aliphatic carbocycles. The summed E-state index contributed by atoms with van der Waals surface area (Å²) in [4.78, 5) is 27.3. The quantitative estimate of drug-likeness (QED) is 0.896. The van der Waals surface area contributed by atoms with Gasteiger partial charge in [0.05, 0.1) is 5.69 Å². The van der Waals surface area contributed by atoms with Crippen molar-refractivity contribution in [2.45, 2.75) is 32.0 Å². The number of carboxylic acid groups (broad SMARTS) is 1. The molecular weight excluding hydrogens is 300 g/mol. The number of hydrogen-bond donors (Lipinski definition) is 2. The van der Waals surface area contributed by atoms with E-state index in [2.05, 4.69) is 10.3 Å². The van der Waals surface area contributed by atoms with Crippen molar-refractivity contribution in [3.8, 4) is 11.5 Å². The first kappa shape index (κ1) is 15.2. The molecule has 0 bridgehead atoms. The Balaban J connectivity index is 1.69. The predicted octanol–water partition coefficient (Wildman–Crippen LogP) is 2.22. The zero-order valence-corrected chi connectivity index (χ0v) is 12.5. The van der Waals surface area contributed by atoms with Gasteiger partial charge in [-0.15, -0.1) is 0 Å². The largest absolute Gasteiger partial charge is 0.479 e. The number of aliphatic carboxylic acids is 1. The van der Waals surface area contributed by atoms with Crippen LogP contribution >= 0.6 is 0 Å². The van der Waals surface area contributed by atoms with Gasteiger partial charge in [-0.05, 0) is 38.0 Å². The Morgan fingerprint density at radius 2 is 2.09 bits per heavy atom. The van der Waals surface area contributed by atoms with Crippen LogP contribution in [0.1, 0.15) is 18.5 Å². The van der Waals surface area contributed by atoms with E-state index in [-0.39, 0.29) is 5.91 Å². The van der Waals surface area contributed by atoms with Crippen molar-refractivity contribution in [1.82, 2.24) is 4.98 Å². The Morgan fingerprint density at radius 3 is 2.74 bits per heavy atom. The monoisotopic (exact) mass is 316 g/mol. The zero-order chi connectivity index (χ0) is 16.4. The van der Waals surface area contributed by atoms with E-state index in [0.29, 0.717) is 24.4 Å². The lowest BCUT2D eigenvalue weighted by molar-refractivity contribution is -0.150. The lowest BCUT2D eigenvalue weighted by atomic mass is 10.1. The fraction of sp³-hybridized carbons (Fsp3) is 0.312. The first-order valence-electron chi connectivity index (χ1n) is 7.24. The molecule has 1 aliphatic heterocycles. The first-order valence-corrected chi connectivity index (χ1v) is 7.24. The molecule has 7 nitrogen and oxygen atoms in total. The molecule has 1 amide bonds. The number of nitrogens with one attached hydrogen (secondary N) is 1. The number of carboxylic acids is 1. The van der Waals surface area contributed by atoms with Crippen molar-refractivity contribution in [1.29, 1.82) is 0 Å². The molecule has 1 aliphatic rings. The average Bonchev–Trinajstić information content (AvgIpc) is 3.16. The second-order valence-corrected chi connectivity index (χ2v) is 5.39. The molecule has 2 aromatic rings. The summed E-state index contributed by atoms with van der Waals surface area (Å²) in [6, 6.07) is 7.08. The molecule has 1 aromatic carbocycles. The van der Waals surface area contributed by atoms with E-state index in [4.69, 9.17) is 14.3 Å². The van der Waals surface area contributed by atoms with E-state index in [1.165, 1.54) is 0 Å². The number of carbonyl (C=O) groups is 2. The summed E-state index contributed by atoms with van der Waals surface area (Å²) in [7, 11) is 0. The van der Waals surface area contributed by atoms with Crippen LogP contribution in [0.15, 0.2) is 34.9 Å². The minimum Gasteiger partial charge on any atom is -0.479 e. The highest BCUT2D eigenvalue weighted by Crippen LogP contribution is 2.24. The van der Waals surface area contributed by atoms with Crippen LogP contribution in [0.25, 0.3) is 11.5 Å². The lowest BCUT2D eigenvalue weighted by Gasteiger charge is -2.12. The third-order valence-electron chi connectivity index (χ3n) is 3.58.